The molecule has 1 atom stereocenters. The van der Waals surface area contributed by atoms with E-state index in [9.17, 15) is 0 Å². The van der Waals surface area contributed by atoms with E-state index >= 15 is 0 Å². The lowest BCUT2D eigenvalue weighted by atomic mass is 10.2. The number of aromatic nitrogens is 1. The molecule has 2 heterocycles. The fraction of sp³-hybridized carbons (Fsp3) is 0.154. The molecule has 0 unspecified atom stereocenters. The van der Waals surface area contributed by atoms with Gasteiger partial charge in [0.15, 0.2) is 23.5 Å². The Bertz CT molecular complexity index is 652. The summed E-state index contributed by atoms with van der Waals surface area (Å²) in [7, 11) is 0. The molecule has 1 aromatic heterocycles. The molecule has 0 saturated carbocycles. The molecule has 104 valence electrons. The van der Waals surface area contributed by atoms with Crippen molar-refractivity contribution >= 4 is 55.5 Å². The van der Waals surface area contributed by atoms with Crippen LogP contribution in [-0.2, 0) is 22.8 Å². The molecule has 0 aliphatic carbocycles. The smallest absolute Gasteiger partial charge is 0.342 e. The van der Waals surface area contributed by atoms with Gasteiger partial charge >= 0.3 is 5.44 Å². The molecule has 3 rings (SSSR count). The summed E-state index contributed by atoms with van der Waals surface area (Å²) in [6.07, 6.45) is 1.74. The number of ether oxygens (including phenoxy) is 1. The van der Waals surface area contributed by atoms with E-state index in [2.05, 4.69) is 36.8 Å². The van der Waals surface area contributed by atoms with Crippen LogP contribution >= 0.6 is 43.5 Å². The first-order chi connectivity index (χ1) is 9.63. The maximum atomic E-state index is 6.16. The van der Waals surface area contributed by atoms with Crippen molar-refractivity contribution in [2.45, 2.75) is 12.0 Å². The van der Waals surface area contributed by atoms with Crippen LogP contribution in [-0.4, -0.2) is 4.98 Å². The van der Waals surface area contributed by atoms with Gasteiger partial charge in [-0.05, 0) is 40.2 Å². The molecule has 1 fully saturated rings. The van der Waals surface area contributed by atoms with Crippen LogP contribution in [0.25, 0.3) is 0 Å². The lowest BCUT2D eigenvalue weighted by Gasteiger charge is -2.10. The van der Waals surface area contributed by atoms with Gasteiger partial charge in [-0.25, -0.2) is 4.98 Å². The first-order valence-electron chi connectivity index (χ1n) is 5.71. The highest BCUT2D eigenvalue weighted by Gasteiger charge is 2.44. The van der Waals surface area contributed by atoms with Crippen LogP contribution in [0.4, 0.5) is 0 Å². The predicted octanol–water partition coefficient (Wildman–Crippen LogP) is 4.60. The molecule has 0 N–H and O–H groups in total. The summed E-state index contributed by atoms with van der Waals surface area (Å²) in [5, 5.41) is 0.679. The minimum atomic E-state index is 0.0241. The van der Waals surface area contributed by atoms with E-state index in [4.69, 9.17) is 20.5 Å². The summed E-state index contributed by atoms with van der Waals surface area (Å²) in [6.45, 7) is 0.382. The molecule has 1 saturated heterocycles. The van der Waals surface area contributed by atoms with E-state index in [1.165, 1.54) is 0 Å². The van der Waals surface area contributed by atoms with Crippen molar-refractivity contribution in [1.29, 1.82) is 0 Å². The molecule has 7 heteroatoms. The molecule has 1 aliphatic heterocycles. The van der Waals surface area contributed by atoms with Gasteiger partial charge in [0, 0.05) is 25.7 Å². The molecule has 3 nitrogen and oxygen atoms in total. The van der Waals surface area contributed by atoms with Crippen LogP contribution in [0, 0.1) is 0 Å². The van der Waals surface area contributed by atoms with Gasteiger partial charge in [0.2, 0.25) is 0 Å². The average Bonchev–Trinajstić information content (AvgIpc) is 3.24. The van der Waals surface area contributed by atoms with E-state index in [-0.39, 0.29) is 5.44 Å². The van der Waals surface area contributed by atoms with Gasteiger partial charge in [0.1, 0.15) is 6.61 Å². The predicted molar refractivity (Wildman–Crippen MR) is 88.0 cm³/mol. The van der Waals surface area contributed by atoms with Crippen LogP contribution < -0.4 is 4.74 Å². The zero-order chi connectivity index (χ0) is 14.1. The van der Waals surface area contributed by atoms with E-state index in [0.717, 1.165) is 32.2 Å². The first kappa shape index (κ1) is 14.7. The number of rotatable bonds is 4. The largest absolute Gasteiger partial charge is 0.487 e. The highest BCUT2D eigenvalue weighted by Crippen LogP contribution is 2.38. The standard InChI is InChI=1S/C13H8Br2ClNO2S/c14-8-1-2-10(16)7(3-8)6-18-11-4-9(15)5-17-12(11)13-19-20-13/h1-5,13H,6H2/p+1/t13-/m1/s1. The first-order valence-corrected chi connectivity index (χ1v) is 8.56. The molecule has 0 bridgehead atoms. The second-order valence-corrected chi connectivity index (χ2v) is 7.25. The fourth-order valence-electron chi connectivity index (χ4n) is 1.67. The summed E-state index contributed by atoms with van der Waals surface area (Å²) in [5.74, 6) is 0.713. The molecule has 2 aromatic rings. The van der Waals surface area contributed by atoms with Crippen molar-refractivity contribution in [2.75, 3.05) is 0 Å². The van der Waals surface area contributed by atoms with Crippen LogP contribution in [0.15, 0.2) is 39.4 Å². The Hall–Kier alpha value is -0.270. The van der Waals surface area contributed by atoms with E-state index in [1.807, 2.05) is 24.3 Å². The third-order valence-electron chi connectivity index (χ3n) is 2.68. The Morgan fingerprint density at radius 2 is 2.10 bits per heavy atom. The zero-order valence-electron chi connectivity index (χ0n) is 10.0. The van der Waals surface area contributed by atoms with Gasteiger partial charge in [0.25, 0.3) is 0 Å². The van der Waals surface area contributed by atoms with Crippen molar-refractivity contribution in [3.63, 3.8) is 0 Å². The third kappa shape index (κ3) is 3.49. The molecule has 1 aromatic carbocycles. The number of thiol groups is 1. The van der Waals surface area contributed by atoms with E-state index in [1.54, 1.807) is 6.20 Å². The molecule has 20 heavy (non-hydrogen) atoms. The third-order valence-corrected chi connectivity index (χ3v) is 4.65. The Morgan fingerprint density at radius 3 is 2.85 bits per heavy atom. The summed E-state index contributed by atoms with van der Waals surface area (Å²) in [5.41, 5.74) is 1.76. The van der Waals surface area contributed by atoms with Crippen LogP contribution in [0.1, 0.15) is 16.7 Å². The van der Waals surface area contributed by atoms with Crippen molar-refractivity contribution in [3.05, 3.63) is 55.7 Å². The highest BCUT2D eigenvalue weighted by atomic mass is 79.9. The lowest BCUT2D eigenvalue weighted by Crippen LogP contribution is -2.01. The summed E-state index contributed by atoms with van der Waals surface area (Å²) >= 11 is 13.9. The van der Waals surface area contributed by atoms with Crippen LogP contribution in [0.5, 0.6) is 5.75 Å². The number of nitrogens with zero attached hydrogens (tertiary/aromatic N) is 1. The Kier molecular flexibility index (Phi) is 4.57. The van der Waals surface area contributed by atoms with Gasteiger partial charge < -0.3 is 4.74 Å². The van der Waals surface area contributed by atoms with Gasteiger partial charge in [-0.2, -0.15) is 0 Å². The minimum Gasteiger partial charge on any atom is -0.487 e. The fourth-order valence-corrected chi connectivity index (χ4v) is 3.02. The molecular weight excluding hydrogens is 429 g/mol. The summed E-state index contributed by atoms with van der Waals surface area (Å²) in [6, 6.07) is 7.58. The van der Waals surface area contributed by atoms with Crippen molar-refractivity contribution in [1.82, 2.24) is 4.98 Å². The molecular formula is C13H9Br2ClNO2S+. The van der Waals surface area contributed by atoms with Gasteiger partial charge in [-0.1, -0.05) is 27.5 Å². The Balaban J connectivity index is 1.81. The van der Waals surface area contributed by atoms with E-state index < -0.39 is 0 Å². The highest BCUT2D eigenvalue weighted by molar-refractivity contribution is 9.10. The lowest BCUT2D eigenvalue weighted by molar-refractivity contribution is 0.296. The Morgan fingerprint density at radius 1 is 1.30 bits per heavy atom. The average molecular weight is 439 g/mol. The minimum absolute atomic E-state index is 0.0241. The number of hydrogen-bond acceptors (Lipinski definition) is 3. The van der Waals surface area contributed by atoms with E-state index in [0.29, 0.717) is 17.4 Å². The summed E-state index contributed by atoms with van der Waals surface area (Å²) in [4.78, 5) is 4.35. The van der Waals surface area contributed by atoms with Crippen molar-refractivity contribution < 1.29 is 8.92 Å². The normalized spacial score (nSPS) is 17.1. The second kappa shape index (κ2) is 6.23. The van der Waals surface area contributed by atoms with Gasteiger partial charge in [-0.15, -0.1) is 4.18 Å². The summed E-state index contributed by atoms with van der Waals surface area (Å²) < 4.78 is 12.9. The van der Waals surface area contributed by atoms with Gasteiger partial charge in [-0.3, -0.25) is 0 Å². The monoisotopic (exact) mass is 436 g/mol. The number of hydrogen-bond donors (Lipinski definition) is 0. The van der Waals surface area contributed by atoms with Crippen LogP contribution in [0.3, 0.4) is 0 Å². The number of pyridine rings is 1. The SMILES string of the molecule is Clc1ccc(Br)cc1COc1cc(Br)cnc1[C@@H]1O[SH+]1. The topological polar surface area (TPSA) is 34.6 Å². The maximum Gasteiger partial charge on any atom is 0.342 e. The molecule has 1 aliphatic rings. The zero-order valence-corrected chi connectivity index (χ0v) is 14.8. The van der Waals surface area contributed by atoms with Crippen LogP contribution in [0.2, 0.25) is 5.02 Å². The quantitative estimate of drug-likeness (QED) is 0.398. The van der Waals surface area contributed by atoms with Crippen molar-refractivity contribution in [3.8, 4) is 5.75 Å². The van der Waals surface area contributed by atoms with Crippen molar-refractivity contribution in [2.24, 2.45) is 0 Å². The molecule has 0 amide bonds. The second-order valence-electron chi connectivity index (χ2n) is 4.12. The Labute approximate surface area is 142 Å². The van der Waals surface area contributed by atoms with Gasteiger partial charge in [0.05, 0.1) is 0 Å². The molecule has 0 spiro atoms. The molecule has 0 radical (unpaired) electrons. The number of benzene rings is 1. The maximum absolute atomic E-state index is 6.16. The number of halogens is 3.